The maximum atomic E-state index is 13.0. The van der Waals surface area contributed by atoms with Gasteiger partial charge in [0.2, 0.25) is 0 Å². The first-order valence-electron chi connectivity index (χ1n) is 36.1. The van der Waals surface area contributed by atoms with Gasteiger partial charge in [-0.15, -0.1) is 0 Å². The smallest absolute Gasteiger partial charge is 0.462 e. The molecule has 0 aromatic carbocycles. The second-order valence-electron chi connectivity index (χ2n) is 25.4. The molecular formula is C69H134O17P2. The number of hydrogen-bond acceptors (Lipinski definition) is 15. The minimum atomic E-state index is -4.95. The summed E-state index contributed by atoms with van der Waals surface area (Å²) in [6, 6.07) is 0. The van der Waals surface area contributed by atoms with Gasteiger partial charge in [-0.25, -0.2) is 9.13 Å². The number of carbonyl (C=O) groups is 4. The summed E-state index contributed by atoms with van der Waals surface area (Å²) in [6.45, 7) is 7.15. The van der Waals surface area contributed by atoms with Gasteiger partial charge < -0.3 is 33.8 Å². The maximum absolute atomic E-state index is 13.0. The molecule has 0 radical (unpaired) electrons. The molecular weight excluding hydrogens is 1160 g/mol. The highest BCUT2D eigenvalue weighted by Gasteiger charge is 2.30. The van der Waals surface area contributed by atoms with E-state index in [9.17, 15) is 43.2 Å². The van der Waals surface area contributed by atoms with Crippen LogP contribution < -0.4 is 0 Å². The summed E-state index contributed by atoms with van der Waals surface area (Å²) in [6.07, 6.45) is 48.9. The van der Waals surface area contributed by atoms with Crippen molar-refractivity contribution in [2.75, 3.05) is 39.6 Å². The Morgan fingerprint density at radius 2 is 0.523 bits per heavy atom. The molecule has 0 saturated carbocycles. The third-order valence-electron chi connectivity index (χ3n) is 16.0. The van der Waals surface area contributed by atoms with Crippen molar-refractivity contribution >= 4 is 39.5 Å². The second kappa shape index (κ2) is 62.5. The fourth-order valence-corrected chi connectivity index (χ4v) is 12.0. The highest BCUT2D eigenvalue weighted by Crippen LogP contribution is 2.45. The fourth-order valence-electron chi connectivity index (χ4n) is 10.5. The quantitative estimate of drug-likeness (QED) is 0.0222. The molecule has 0 aliphatic carbocycles. The van der Waals surface area contributed by atoms with Crippen molar-refractivity contribution in [1.29, 1.82) is 0 Å². The molecule has 19 heteroatoms. The highest BCUT2D eigenvalue weighted by atomic mass is 31.2. The minimum absolute atomic E-state index is 0.107. The lowest BCUT2D eigenvalue weighted by atomic mass is 10.0. The van der Waals surface area contributed by atoms with Crippen LogP contribution in [0.2, 0.25) is 0 Å². The molecule has 17 nitrogen and oxygen atoms in total. The lowest BCUT2D eigenvalue weighted by molar-refractivity contribution is -0.161. The number of phosphoric ester groups is 2. The van der Waals surface area contributed by atoms with Gasteiger partial charge in [-0.05, 0) is 31.6 Å². The van der Waals surface area contributed by atoms with E-state index in [4.69, 9.17) is 37.0 Å². The minimum Gasteiger partial charge on any atom is -0.462 e. The van der Waals surface area contributed by atoms with E-state index in [-0.39, 0.29) is 25.7 Å². The van der Waals surface area contributed by atoms with Gasteiger partial charge in [0, 0.05) is 25.7 Å². The zero-order chi connectivity index (χ0) is 64.9. The summed E-state index contributed by atoms with van der Waals surface area (Å²) in [5, 5.41) is 10.6. The van der Waals surface area contributed by atoms with Gasteiger partial charge in [-0.1, -0.05) is 304 Å². The summed E-state index contributed by atoms with van der Waals surface area (Å²) in [5.74, 6) is -1.37. The Morgan fingerprint density at radius 1 is 0.307 bits per heavy atom. The van der Waals surface area contributed by atoms with Gasteiger partial charge in [0.25, 0.3) is 0 Å². The van der Waals surface area contributed by atoms with Crippen LogP contribution in [-0.2, 0) is 65.4 Å². The van der Waals surface area contributed by atoms with Crippen molar-refractivity contribution in [1.82, 2.24) is 0 Å². The molecule has 0 amide bonds. The summed E-state index contributed by atoms with van der Waals surface area (Å²) in [7, 11) is -9.89. The Labute approximate surface area is 537 Å². The zero-order valence-corrected chi connectivity index (χ0v) is 58.6. The number of carbonyl (C=O) groups excluding carboxylic acids is 4. The Kier molecular flexibility index (Phi) is 61.1. The van der Waals surface area contributed by atoms with Crippen molar-refractivity contribution in [3.63, 3.8) is 0 Å². The van der Waals surface area contributed by atoms with Crippen LogP contribution in [0.15, 0.2) is 0 Å². The fraction of sp³-hybridized carbons (Fsp3) is 0.942. The van der Waals surface area contributed by atoms with E-state index < -0.39 is 97.5 Å². The van der Waals surface area contributed by atoms with Gasteiger partial charge in [0.15, 0.2) is 12.2 Å². The summed E-state index contributed by atoms with van der Waals surface area (Å²) < 4.78 is 68.1. The number of esters is 4. The molecule has 0 spiro atoms. The average molecular weight is 1300 g/mol. The summed E-state index contributed by atoms with van der Waals surface area (Å²) in [4.78, 5) is 72.2. The first-order chi connectivity index (χ1) is 42.5. The third kappa shape index (κ3) is 62.8. The number of ether oxygens (including phenoxy) is 4. The number of phosphoric acid groups is 2. The van der Waals surface area contributed by atoms with E-state index in [0.29, 0.717) is 25.7 Å². The standard InChI is InChI=1S/C69H134O17P2/c1-6-9-12-15-17-19-21-23-24-25-26-28-30-36-40-45-50-55-69(74)86-65(59-80-67(72)53-48-43-38-34-32-31-33-37-42-46-51-62(4)5)61-84-88(77,78)82-57-63(70)56-81-87(75,76)83-60-64(58-79-66(71)52-47-41-14-11-8-3)85-68(73)54-49-44-39-35-29-27-22-20-18-16-13-10-7-2/h62-65,70H,6-61H2,1-5H3,(H,75,76)(H,77,78)/t63-,64+,65+/m0/s1. The van der Waals surface area contributed by atoms with Crippen LogP contribution >= 0.6 is 15.6 Å². The molecule has 0 heterocycles. The van der Waals surface area contributed by atoms with E-state index in [1.165, 1.54) is 173 Å². The molecule has 0 aliphatic heterocycles. The van der Waals surface area contributed by atoms with Crippen LogP contribution in [0, 0.1) is 5.92 Å². The number of unbranched alkanes of at least 4 members (excludes halogenated alkanes) is 41. The summed E-state index contributed by atoms with van der Waals surface area (Å²) in [5.41, 5.74) is 0. The Bertz CT molecular complexity index is 1700. The van der Waals surface area contributed by atoms with Gasteiger partial charge in [-0.2, -0.15) is 0 Å². The second-order valence-corrected chi connectivity index (χ2v) is 28.3. The lowest BCUT2D eigenvalue weighted by Crippen LogP contribution is -2.30. The third-order valence-corrected chi connectivity index (χ3v) is 17.9. The summed E-state index contributed by atoms with van der Waals surface area (Å²) >= 11 is 0. The molecule has 3 N–H and O–H groups in total. The first kappa shape index (κ1) is 86.1. The van der Waals surface area contributed by atoms with Crippen molar-refractivity contribution < 1.29 is 80.2 Å². The average Bonchev–Trinajstić information content (AvgIpc) is 3.67. The highest BCUT2D eigenvalue weighted by molar-refractivity contribution is 7.47. The van der Waals surface area contributed by atoms with E-state index in [1.807, 2.05) is 0 Å². The molecule has 5 atom stereocenters. The number of hydrogen-bond donors (Lipinski definition) is 3. The van der Waals surface area contributed by atoms with Crippen LogP contribution in [0.25, 0.3) is 0 Å². The first-order valence-corrected chi connectivity index (χ1v) is 39.1. The molecule has 0 aliphatic rings. The molecule has 0 rings (SSSR count). The van der Waals surface area contributed by atoms with Crippen LogP contribution in [-0.4, -0.2) is 96.7 Å². The van der Waals surface area contributed by atoms with Crippen LogP contribution in [0.1, 0.15) is 356 Å². The molecule has 0 saturated heterocycles. The van der Waals surface area contributed by atoms with Gasteiger partial charge >= 0.3 is 39.5 Å². The van der Waals surface area contributed by atoms with Crippen LogP contribution in [0.4, 0.5) is 0 Å². The van der Waals surface area contributed by atoms with E-state index >= 15 is 0 Å². The van der Waals surface area contributed by atoms with E-state index in [0.717, 1.165) is 102 Å². The molecule has 0 aromatic heterocycles. The van der Waals surface area contributed by atoms with Crippen molar-refractivity contribution in [3.05, 3.63) is 0 Å². The van der Waals surface area contributed by atoms with Gasteiger partial charge in [-0.3, -0.25) is 37.3 Å². The number of aliphatic hydroxyl groups excluding tert-OH is 1. The van der Waals surface area contributed by atoms with Crippen molar-refractivity contribution in [3.8, 4) is 0 Å². The lowest BCUT2D eigenvalue weighted by Gasteiger charge is -2.21. The molecule has 0 bridgehead atoms. The van der Waals surface area contributed by atoms with E-state index in [2.05, 4.69) is 34.6 Å². The van der Waals surface area contributed by atoms with Gasteiger partial charge in [0.05, 0.1) is 26.4 Å². The number of aliphatic hydroxyl groups is 1. The predicted molar refractivity (Wildman–Crippen MR) is 354 cm³/mol. The largest absolute Gasteiger partial charge is 0.472 e. The van der Waals surface area contributed by atoms with E-state index in [1.54, 1.807) is 0 Å². The van der Waals surface area contributed by atoms with Crippen molar-refractivity contribution in [2.24, 2.45) is 5.92 Å². The molecule has 2 unspecified atom stereocenters. The normalized spacial score (nSPS) is 14.1. The zero-order valence-electron chi connectivity index (χ0n) is 56.9. The topological polar surface area (TPSA) is 237 Å². The van der Waals surface area contributed by atoms with Crippen LogP contribution in [0.5, 0.6) is 0 Å². The predicted octanol–water partition coefficient (Wildman–Crippen LogP) is 19.7. The number of rotatable bonds is 69. The molecule has 0 aromatic rings. The Balaban J connectivity index is 5.15. The van der Waals surface area contributed by atoms with Gasteiger partial charge in [0.1, 0.15) is 19.3 Å². The molecule has 522 valence electrons. The SMILES string of the molecule is CCCCCCCCCCCCCCCCCCCC(=O)O[C@H](COC(=O)CCCCCCCCCCCCC(C)C)COP(=O)(O)OC[C@@H](O)COP(=O)(O)OC[C@@H](COC(=O)CCCCCCC)OC(=O)CCCCCCCCCCCCCCC. The molecule has 0 fully saturated rings. The molecule has 88 heavy (non-hydrogen) atoms. The Hall–Kier alpha value is -1.94. The maximum Gasteiger partial charge on any atom is 0.472 e. The van der Waals surface area contributed by atoms with Crippen LogP contribution in [0.3, 0.4) is 0 Å². The monoisotopic (exact) mass is 1300 g/mol. The Morgan fingerprint density at radius 3 is 0.773 bits per heavy atom. The van der Waals surface area contributed by atoms with Crippen molar-refractivity contribution in [2.45, 2.75) is 374 Å².